The lowest BCUT2D eigenvalue weighted by atomic mass is 9.76. The Hall–Kier alpha value is -2.98. The first-order valence-electron chi connectivity index (χ1n) is 10.7. The molecule has 0 amide bonds. The van der Waals surface area contributed by atoms with Crippen LogP contribution < -0.4 is 10.1 Å². The summed E-state index contributed by atoms with van der Waals surface area (Å²) in [6.07, 6.45) is 5.56. The number of nitrogens with one attached hydrogen (secondary N) is 1. The van der Waals surface area contributed by atoms with Crippen LogP contribution in [0.1, 0.15) is 36.4 Å². The number of anilines is 1. The fourth-order valence-electron chi connectivity index (χ4n) is 4.96. The molecule has 4 nitrogen and oxygen atoms in total. The second-order valence-corrected chi connectivity index (χ2v) is 7.96. The first-order chi connectivity index (χ1) is 14.8. The minimum atomic E-state index is 0.000224. The van der Waals surface area contributed by atoms with Crippen molar-refractivity contribution >= 4 is 16.5 Å². The van der Waals surface area contributed by atoms with Crippen molar-refractivity contribution in [2.24, 2.45) is 5.92 Å². The number of phenols is 1. The summed E-state index contributed by atoms with van der Waals surface area (Å²) in [5.74, 6) is 1.85. The third kappa shape index (κ3) is 3.21. The van der Waals surface area contributed by atoms with E-state index in [9.17, 15) is 5.11 Å². The van der Waals surface area contributed by atoms with E-state index in [0.717, 1.165) is 34.2 Å². The Kier molecular flexibility index (Phi) is 5.09. The molecule has 0 bridgehead atoms. The fraction of sp³-hybridized carbons (Fsp3) is 0.308. The number of allylic oxidation sites excluding steroid dienone is 2. The number of phenolic OH excluding ortho intramolecular Hbond substituents is 1. The number of benzene rings is 3. The second kappa shape index (κ2) is 8.04. The zero-order chi connectivity index (χ0) is 20.5. The smallest absolute Gasteiger partial charge is 0.142 e. The maximum absolute atomic E-state index is 10.9. The molecule has 0 radical (unpaired) electrons. The van der Waals surface area contributed by atoms with Crippen LogP contribution in [0.2, 0.25) is 0 Å². The third-order valence-corrected chi connectivity index (χ3v) is 6.31. The fourth-order valence-corrected chi connectivity index (χ4v) is 4.96. The molecule has 0 saturated carbocycles. The average molecular weight is 402 g/mol. The summed E-state index contributed by atoms with van der Waals surface area (Å²) in [4.78, 5) is 0. The lowest BCUT2D eigenvalue weighted by molar-refractivity contribution is 0.110. The second-order valence-electron chi connectivity index (χ2n) is 7.96. The van der Waals surface area contributed by atoms with E-state index in [2.05, 4.69) is 41.7 Å². The molecule has 4 heteroatoms. The minimum absolute atomic E-state index is 0.000224. The molecule has 2 N–H and O–H groups in total. The molecule has 1 aliphatic carbocycles. The Bertz CT molecular complexity index is 1090. The van der Waals surface area contributed by atoms with Gasteiger partial charge in [0.25, 0.3) is 0 Å². The zero-order valence-corrected chi connectivity index (χ0v) is 17.2. The van der Waals surface area contributed by atoms with Gasteiger partial charge in [0.05, 0.1) is 18.3 Å². The van der Waals surface area contributed by atoms with E-state index in [4.69, 9.17) is 9.47 Å². The van der Waals surface area contributed by atoms with Gasteiger partial charge in [-0.2, -0.15) is 0 Å². The highest BCUT2D eigenvalue weighted by molar-refractivity contribution is 5.89. The normalized spacial score (nSPS) is 21.8. The van der Waals surface area contributed by atoms with Crippen molar-refractivity contribution in [2.45, 2.75) is 25.3 Å². The molecule has 1 heterocycles. The van der Waals surface area contributed by atoms with E-state index in [1.165, 1.54) is 5.56 Å². The Labute approximate surface area is 177 Å². The van der Waals surface area contributed by atoms with Crippen LogP contribution in [0.25, 0.3) is 10.8 Å². The van der Waals surface area contributed by atoms with Crippen LogP contribution in [0.5, 0.6) is 11.5 Å². The van der Waals surface area contributed by atoms with Gasteiger partial charge >= 0.3 is 0 Å². The first kappa shape index (κ1) is 19.0. The molecule has 0 saturated heterocycles. The van der Waals surface area contributed by atoms with Crippen molar-refractivity contribution in [1.82, 2.24) is 0 Å². The SMILES string of the molecule is CCOCCOc1cccc2c1NC(c1c(O)ccc3ccccc13)C1CC=CC21. The van der Waals surface area contributed by atoms with Crippen LogP contribution in [0.15, 0.2) is 66.7 Å². The number of aromatic hydroxyl groups is 1. The van der Waals surface area contributed by atoms with E-state index >= 15 is 0 Å². The predicted octanol–water partition coefficient (Wildman–Crippen LogP) is 5.79. The van der Waals surface area contributed by atoms with Crippen molar-refractivity contribution in [3.8, 4) is 11.5 Å². The molecule has 154 valence electrons. The van der Waals surface area contributed by atoms with E-state index in [-0.39, 0.29) is 6.04 Å². The van der Waals surface area contributed by atoms with Gasteiger partial charge in [0.1, 0.15) is 18.1 Å². The van der Waals surface area contributed by atoms with E-state index < -0.39 is 0 Å². The summed E-state index contributed by atoms with van der Waals surface area (Å²) in [6.45, 7) is 3.75. The monoisotopic (exact) mass is 401 g/mol. The molecule has 3 aromatic carbocycles. The number of hydrogen-bond donors (Lipinski definition) is 2. The van der Waals surface area contributed by atoms with Gasteiger partial charge in [0, 0.05) is 18.1 Å². The van der Waals surface area contributed by atoms with Gasteiger partial charge in [-0.05, 0) is 47.7 Å². The van der Waals surface area contributed by atoms with Crippen molar-refractivity contribution in [1.29, 1.82) is 0 Å². The van der Waals surface area contributed by atoms with Gasteiger partial charge in [-0.1, -0.05) is 54.6 Å². The van der Waals surface area contributed by atoms with E-state index in [0.29, 0.717) is 37.4 Å². The molecule has 1 aliphatic heterocycles. The largest absolute Gasteiger partial charge is 0.508 e. The molecule has 0 fully saturated rings. The summed E-state index contributed by atoms with van der Waals surface area (Å²) in [5.41, 5.74) is 3.26. The molecule has 5 rings (SSSR count). The summed E-state index contributed by atoms with van der Waals surface area (Å²) < 4.78 is 11.5. The Balaban J connectivity index is 1.57. The van der Waals surface area contributed by atoms with Crippen molar-refractivity contribution in [2.75, 3.05) is 25.1 Å². The van der Waals surface area contributed by atoms with Crippen LogP contribution in [-0.2, 0) is 4.74 Å². The highest BCUT2D eigenvalue weighted by atomic mass is 16.5. The molecule has 3 atom stereocenters. The topological polar surface area (TPSA) is 50.7 Å². The van der Waals surface area contributed by atoms with Gasteiger partial charge in [-0.15, -0.1) is 0 Å². The summed E-state index contributed by atoms with van der Waals surface area (Å²) in [5, 5.41) is 16.9. The molecule has 2 aliphatic rings. The van der Waals surface area contributed by atoms with Crippen LogP contribution in [0.3, 0.4) is 0 Å². The highest BCUT2D eigenvalue weighted by Gasteiger charge is 2.40. The molecular formula is C26H27NO3. The lowest BCUT2D eigenvalue weighted by Crippen LogP contribution is -2.29. The molecule has 0 aromatic heterocycles. The van der Waals surface area contributed by atoms with Crippen LogP contribution >= 0.6 is 0 Å². The van der Waals surface area contributed by atoms with Gasteiger partial charge < -0.3 is 19.9 Å². The van der Waals surface area contributed by atoms with E-state index in [1.54, 1.807) is 0 Å². The van der Waals surface area contributed by atoms with Gasteiger partial charge in [-0.3, -0.25) is 0 Å². The Morgan fingerprint density at radius 1 is 1.03 bits per heavy atom. The van der Waals surface area contributed by atoms with Gasteiger partial charge in [0.2, 0.25) is 0 Å². The Morgan fingerprint density at radius 2 is 1.93 bits per heavy atom. The van der Waals surface area contributed by atoms with Crippen LogP contribution in [0, 0.1) is 5.92 Å². The summed E-state index contributed by atoms with van der Waals surface area (Å²) in [7, 11) is 0. The number of ether oxygens (including phenoxy) is 2. The predicted molar refractivity (Wildman–Crippen MR) is 120 cm³/mol. The number of fused-ring (bicyclic) bond motifs is 4. The average Bonchev–Trinajstić information content (AvgIpc) is 3.27. The number of hydrogen-bond acceptors (Lipinski definition) is 4. The molecule has 0 spiro atoms. The lowest BCUT2D eigenvalue weighted by Gasteiger charge is -2.38. The maximum atomic E-state index is 10.9. The van der Waals surface area contributed by atoms with Crippen LogP contribution in [-0.4, -0.2) is 24.9 Å². The molecule has 30 heavy (non-hydrogen) atoms. The van der Waals surface area contributed by atoms with Gasteiger partial charge in [0.15, 0.2) is 0 Å². The van der Waals surface area contributed by atoms with Crippen LogP contribution in [0.4, 0.5) is 5.69 Å². The number of rotatable bonds is 6. The Morgan fingerprint density at radius 3 is 2.83 bits per heavy atom. The standard InChI is InChI=1S/C26H27NO3/c1-2-29-15-16-30-23-12-6-11-20-19-9-5-10-21(19)26(27-25(20)23)24-18-8-4-3-7-17(18)13-14-22(24)28/h3-9,11-14,19,21,26-28H,2,10,15-16H2,1H3. The number of para-hydroxylation sites is 1. The first-order valence-corrected chi connectivity index (χ1v) is 10.7. The maximum Gasteiger partial charge on any atom is 0.142 e. The zero-order valence-electron chi connectivity index (χ0n) is 17.2. The summed E-state index contributed by atoms with van der Waals surface area (Å²) >= 11 is 0. The van der Waals surface area contributed by atoms with Crippen molar-refractivity contribution in [3.05, 3.63) is 77.9 Å². The highest BCUT2D eigenvalue weighted by Crippen LogP contribution is 2.54. The molecular weight excluding hydrogens is 374 g/mol. The van der Waals surface area contributed by atoms with Crippen molar-refractivity contribution in [3.63, 3.8) is 0 Å². The minimum Gasteiger partial charge on any atom is -0.508 e. The molecule has 3 unspecified atom stereocenters. The summed E-state index contributed by atoms with van der Waals surface area (Å²) in [6, 6.07) is 18.3. The van der Waals surface area contributed by atoms with Crippen molar-refractivity contribution < 1.29 is 14.6 Å². The van der Waals surface area contributed by atoms with E-state index in [1.807, 2.05) is 37.3 Å². The van der Waals surface area contributed by atoms with Gasteiger partial charge in [-0.25, -0.2) is 0 Å². The third-order valence-electron chi connectivity index (χ3n) is 6.31. The molecule has 3 aromatic rings. The quantitative estimate of drug-likeness (QED) is 0.406.